The summed E-state index contributed by atoms with van der Waals surface area (Å²) in [4.78, 5) is 21.8. The van der Waals surface area contributed by atoms with Crippen molar-refractivity contribution in [1.29, 1.82) is 0 Å². The van der Waals surface area contributed by atoms with E-state index in [1.165, 1.54) is 0 Å². The van der Waals surface area contributed by atoms with Gasteiger partial charge in [0.05, 0.1) is 5.56 Å². The number of hydrogen-bond donors (Lipinski definition) is 1. The lowest BCUT2D eigenvalue weighted by Crippen LogP contribution is -2.31. The molecule has 0 aliphatic heterocycles. The van der Waals surface area contributed by atoms with E-state index in [0.29, 0.717) is 10.6 Å². The third-order valence-corrected chi connectivity index (χ3v) is 2.27. The fourth-order valence-electron chi connectivity index (χ4n) is 1.26. The van der Waals surface area contributed by atoms with Crippen LogP contribution in [0.3, 0.4) is 0 Å². The molecule has 0 aliphatic carbocycles. The Hall–Kier alpha value is -1.61. The summed E-state index contributed by atoms with van der Waals surface area (Å²) in [6, 6.07) is 6.34. The van der Waals surface area contributed by atoms with Gasteiger partial charge in [0.25, 0.3) is 5.43 Å². The Balaban J connectivity index is 2.58. The van der Waals surface area contributed by atoms with Gasteiger partial charge in [0.1, 0.15) is 0 Å². The van der Waals surface area contributed by atoms with Crippen LogP contribution in [-0.4, -0.2) is 5.11 Å². The Kier molecular flexibility index (Phi) is 1.89. The second kappa shape index (κ2) is 2.96. The first-order valence-electron chi connectivity index (χ1n) is 3.89. The maximum atomic E-state index is 11.1. The Morgan fingerprint density at radius 3 is 2.07 bits per heavy atom. The molecule has 0 atom stereocenters. The summed E-state index contributed by atoms with van der Waals surface area (Å²) in [5.41, 5.74) is -0.886. The number of hydrogen-bond acceptors (Lipinski definition) is 3. The van der Waals surface area contributed by atoms with Gasteiger partial charge in [-0.2, -0.15) is 0 Å². The van der Waals surface area contributed by atoms with Crippen LogP contribution in [0.25, 0.3) is 11.1 Å². The van der Waals surface area contributed by atoms with Crippen molar-refractivity contribution >= 4 is 11.6 Å². The van der Waals surface area contributed by atoms with Crippen LogP contribution >= 0.6 is 11.6 Å². The van der Waals surface area contributed by atoms with Crippen molar-refractivity contribution in [3.63, 3.8) is 0 Å². The average Bonchev–Trinajstić information content (AvgIpc) is 2.21. The molecule has 3 nitrogen and oxygen atoms in total. The molecule has 0 saturated carbocycles. The predicted octanol–water partition coefficient (Wildman–Crippen LogP) is 1.31. The smallest absolute Gasteiger partial charge is 0.268 e. The molecule has 0 unspecified atom stereocenters. The molecule has 2 aromatic rings. The van der Waals surface area contributed by atoms with Gasteiger partial charge in [0.2, 0.25) is 5.43 Å². The van der Waals surface area contributed by atoms with E-state index in [4.69, 9.17) is 16.7 Å². The van der Waals surface area contributed by atoms with Gasteiger partial charge in [-0.3, -0.25) is 9.59 Å². The molecule has 0 aliphatic rings. The van der Waals surface area contributed by atoms with Crippen molar-refractivity contribution in [1.82, 2.24) is 0 Å². The number of benzene rings is 1. The summed E-state index contributed by atoms with van der Waals surface area (Å²) >= 11 is 5.65. The molecule has 14 heavy (non-hydrogen) atoms. The van der Waals surface area contributed by atoms with Gasteiger partial charge in [-0.1, -0.05) is 23.7 Å². The third kappa shape index (κ3) is 1.14. The summed E-state index contributed by atoms with van der Waals surface area (Å²) < 4.78 is 0. The molecule has 0 spiro atoms. The molecular formula is C10H5ClO3. The first-order chi connectivity index (χ1) is 6.61. The van der Waals surface area contributed by atoms with Gasteiger partial charge in [-0.15, -0.1) is 0 Å². The van der Waals surface area contributed by atoms with Crippen LogP contribution in [0.1, 0.15) is 0 Å². The largest absolute Gasteiger partial charge is 0.503 e. The van der Waals surface area contributed by atoms with Crippen LogP contribution in [0.15, 0.2) is 33.9 Å². The monoisotopic (exact) mass is 208 g/mol. The Morgan fingerprint density at radius 2 is 1.57 bits per heavy atom. The number of aromatic hydroxyl groups is 1. The van der Waals surface area contributed by atoms with Crippen molar-refractivity contribution < 1.29 is 5.11 Å². The van der Waals surface area contributed by atoms with E-state index in [1.807, 2.05) is 0 Å². The van der Waals surface area contributed by atoms with Crippen LogP contribution in [-0.2, 0) is 0 Å². The van der Waals surface area contributed by atoms with E-state index in [0.717, 1.165) is 0 Å². The highest BCUT2D eigenvalue weighted by Crippen LogP contribution is 2.25. The summed E-state index contributed by atoms with van der Waals surface area (Å²) in [5.74, 6) is -0.461. The Bertz CT molecular complexity index is 547. The molecule has 0 amide bonds. The first-order valence-corrected chi connectivity index (χ1v) is 4.27. The fourth-order valence-corrected chi connectivity index (χ4v) is 1.39. The van der Waals surface area contributed by atoms with E-state index in [2.05, 4.69) is 0 Å². The quantitative estimate of drug-likeness (QED) is 0.719. The molecule has 0 bridgehead atoms. The zero-order valence-electron chi connectivity index (χ0n) is 6.95. The highest BCUT2D eigenvalue weighted by atomic mass is 35.5. The van der Waals surface area contributed by atoms with E-state index in [-0.39, 0.29) is 5.56 Å². The number of halogens is 1. The minimum absolute atomic E-state index is 0.0756. The predicted molar refractivity (Wildman–Crippen MR) is 53.5 cm³/mol. The van der Waals surface area contributed by atoms with Crippen LogP contribution in [0.2, 0.25) is 5.02 Å². The van der Waals surface area contributed by atoms with Gasteiger partial charge in [0, 0.05) is 5.02 Å². The molecule has 2 aromatic carbocycles. The lowest BCUT2D eigenvalue weighted by Gasteiger charge is -2.04. The highest BCUT2D eigenvalue weighted by Gasteiger charge is 2.20. The van der Waals surface area contributed by atoms with Crippen LogP contribution in [0.4, 0.5) is 0 Å². The third-order valence-electron chi connectivity index (χ3n) is 2.02. The first kappa shape index (κ1) is 8.97. The van der Waals surface area contributed by atoms with Crippen molar-refractivity contribution in [3.05, 3.63) is 49.7 Å². The van der Waals surface area contributed by atoms with Crippen LogP contribution < -0.4 is 10.9 Å². The Morgan fingerprint density at radius 1 is 1.00 bits per heavy atom. The normalized spacial score (nSPS) is 10.6. The molecule has 4 heteroatoms. The lowest BCUT2D eigenvalue weighted by atomic mass is 10.0. The highest BCUT2D eigenvalue weighted by molar-refractivity contribution is 6.30. The Labute approximate surface area is 83.9 Å². The molecule has 0 radical (unpaired) electrons. The van der Waals surface area contributed by atoms with Crippen LogP contribution in [0, 0.1) is 0 Å². The molecular weight excluding hydrogens is 204 g/mol. The van der Waals surface area contributed by atoms with Gasteiger partial charge in [-0.05, 0) is 17.7 Å². The molecule has 0 aromatic heterocycles. The lowest BCUT2D eigenvalue weighted by molar-refractivity contribution is 0.465. The second-order valence-electron chi connectivity index (χ2n) is 2.89. The van der Waals surface area contributed by atoms with Crippen LogP contribution in [0.5, 0.6) is 5.75 Å². The molecule has 1 N–H and O–H groups in total. The molecule has 2 rings (SSSR count). The van der Waals surface area contributed by atoms with E-state index in [9.17, 15) is 9.59 Å². The van der Waals surface area contributed by atoms with E-state index in [1.54, 1.807) is 24.3 Å². The zero-order chi connectivity index (χ0) is 10.3. The number of rotatable bonds is 1. The summed E-state index contributed by atoms with van der Waals surface area (Å²) in [6.07, 6.45) is 0. The van der Waals surface area contributed by atoms with Crippen molar-refractivity contribution in [2.24, 2.45) is 0 Å². The average molecular weight is 209 g/mol. The molecule has 0 saturated heterocycles. The molecule has 0 heterocycles. The summed E-state index contributed by atoms with van der Waals surface area (Å²) in [5, 5.41) is 9.68. The van der Waals surface area contributed by atoms with Gasteiger partial charge in [-0.25, -0.2) is 0 Å². The minimum Gasteiger partial charge on any atom is -0.503 e. The zero-order valence-corrected chi connectivity index (χ0v) is 7.71. The minimum atomic E-state index is -0.824. The maximum Gasteiger partial charge on any atom is 0.268 e. The van der Waals surface area contributed by atoms with Crippen molar-refractivity contribution in [2.45, 2.75) is 0 Å². The topological polar surface area (TPSA) is 54.4 Å². The maximum absolute atomic E-state index is 11.1. The van der Waals surface area contributed by atoms with Gasteiger partial charge in [0.15, 0.2) is 5.75 Å². The van der Waals surface area contributed by atoms with Gasteiger partial charge < -0.3 is 5.11 Å². The molecule has 70 valence electrons. The van der Waals surface area contributed by atoms with Crippen molar-refractivity contribution in [2.75, 3.05) is 0 Å². The van der Waals surface area contributed by atoms with Gasteiger partial charge >= 0.3 is 0 Å². The second-order valence-corrected chi connectivity index (χ2v) is 3.33. The summed E-state index contributed by atoms with van der Waals surface area (Å²) in [6.45, 7) is 0. The standard InChI is InChI=1S/C10H5ClO3/c11-6-3-1-5(2-4-6)7-8(12)10(14)9(7)13/h1-4,12H. The summed E-state index contributed by atoms with van der Waals surface area (Å²) in [7, 11) is 0. The van der Waals surface area contributed by atoms with E-state index < -0.39 is 16.6 Å². The van der Waals surface area contributed by atoms with Crippen molar-refractivity contribution in [3.8, 4) is 16.9 Å². The molecule has 0 fully saturated rings. The SMILES string of the molecule is O=c1c(O)c(-c2ccc(Cl)cc2)c1=O. The fraction of sp³-hybridized carbons (Fsp3) is 0. The van der Waals surface area contributed by atoms with E-state index >= 15 is 0 Å².